The molecule has 0 saturated carbocycles. The van der Waals surface area contributed by atoms with Crippen molar-refractivity contribution in [3.63, 3.8) is 0 Å². The highest BCUT2D eigenvalue weighted by molar-refractivity contribution is 9.10. The SMILES string of the molecule is CCC(C)CC(CNC(C)(C)C)Cc1cccc(Br)c1. The molecule has 1 aromatic rings. The maximum Gasteiger partial charge on any atom is 0.0177 e. The van der Waals surface area contributed by atoms with Crippen LogP contribution < -0.4 is 5.32 Å². The lowest BCUT2D eigenvalue weighted by atomic mass is 9.88. The third kappa shape index (κ3) is 7.44. The van der Waals surface area contributed by atoms with Gasteiger partial charge in [-0.3, -0.25) is 0 Å². The summed E-state index contributed by atoms with van der Waals surface area (Å²) in [4.78, 5) is 0. The second-order valence-corrected chi connectivity index (χ2v) is 8.00. The highest BCUT2D eigenvalue weighted by Gasteiger charge is 2.17. The first-order valence-corrected chi connectivity index (χ1v) is 8.59. The van der Waals surface area contributed by atoms with Gasteiger partial charge < -0.3 is 5.32 Å². The highest BCUT2D eigenvalue weighted by atomic mass is 79.9. The molecule has 1 N–H and O–H groups in total. The van der Waals surface area contributed by atoms with Crippen LogP contribution in [0.15, 0.2) is 28.7 Å². The van der Waals surface area contributed by atoms with Crippen molar-refractivity contribution in [3.8, 4) is 0 Å². The first-order chi connectivity index (χ1) is 9.30. The van der Waals surface area contributed by atoms with Gasteiger partial charge in [0.15, 0.2) is 0 Å². The van der Waals surface area contributed by atoms with E-state index >= 15 is 0 Å². The topological polar surface area (TPSA) is 12.0 Å². The summed E-state index contributed by atoms with van der Waals surface area (Å²) in [5.74, 6) is 1.51. The van der Waals surface area contributed by atoms with Crippen molar-refractivity contribution >= 4 is 15.9 Å². The van der Waals surface area contributed by atoms with E-state index in [9.17, 15) is 0 Å². The molecule has 0 aliphatic carbocycles. The zero-order valence-corrected chi connectivity index (χ0v) is 15.3. The molecule has 20 heavy (non-hydrogen) atoms. The van der Waals surface area contributed by atoms with Gasteiger partial charge >= 0.3 is 0 Å². The summed E-state index contributed by atoms with van der Waals surface area (Å²) in [5, 5.41) is 3.67. The van der Waals surface area contributed by atoms with Crippen molar-refractivity contribution in [2.24, 2.45) is 11.8 Å². The van der Waals surface area contributed by atoms with Crippen LogP contribution in [0.1, 0.15) is 53.0 Å². The van der Waals surface area contributed by atoms with Gasteiger partial charge in [0.25, 0.3) is 0 Å². The van der Waals surface area contributed by atoms with Crippen LogP contribution >= 0.6 is 15.9 Å². The van der Waals surface area contributed by atoms with Gasteiger partial charge in [-0.25, -0.2) is 0 Å². The summed E-state index contributed by atoms with van der Waals surface area (Å²) in [5.41, 5.74) is 1.63. The van der Waals surface area contributed by atoms with E-state index < -0.39 is 0 Å². The molecule has 114 valence electrons. The van der Waals surface area contributed by atoms with Crippen molar-refractivity contribution in [1.29, 1.82) is 0 Å². The van der Waals surface area contributed by atoms with Crippen LogP contribution in [0, 0.1) is 11.8 Å². The van der Waals surface area contributed by atoms with Gasteiger partial charge in [-0.1, -0.05) is 48.3 Å². The monoisotopic (exact) mass is 339 g/mol. The van der Waals surface area contributed by atoms with E-state index in [1.165, 1.54) is 22.9 Å². The number of halogens is 1. The predicted molar refractivity (Wildman–Crippen MR) is 93.2 cm³/mol. The van der Waals surface area contributed by atoms with E-state index in [-0.39, 0.29) is 5.54 Å². The van der Waals surface area contributed by atoms with Crippen molar-refractivity contribution in [3.05, 3.63) is 34.3 Å². The second kappa shape index (κ2) is 8.19. The fraction of sp³-hybridized carbons (Fsp3) is 0.667. The third-order valence-electron chi connectivity index (χ3n) is 3.77. The molecule has 0 fully saturated rings. The fourth-order valence-electron chi connectivity index (χ4n) is 2.42. The van der Waals surface area contributed by atoms with Gasteiger partial charge in [-0.15, -0.1) is 0 Å². The van der Waals surface area contributed by atoms with Gasteiger partial charge in [0.1, 0.15) is 0 Å². The van der Waals surface area contributed by atoms with Crippen LogP contribution in [-0.2, 0) is 6.42 Å². The molecule has 0 aliphatic heterocycles. The number of hydrogen-bond donors (Lipinski definition) is 1. The largest absolute Gasteiger partial charge is 0.312 e. The Morgan fingerprint density at radius 3 is 2.50 bits per heavy atom. The van der Waals surface area contributed by atoms with Crippen LogP contribution in [-0.4, -0.2) is 12.1 Å². The first-order valence-electron chi connectivity index (χ1n) is 7.79. The first kappa shape index (κ1) is 17.7. The zero-order valence-electron chi connectivity index (χ0n) is 13.7. The van der Waals surface area contributed by atoms with E-state index in [1.54, 1.807) is 0 Å². The maximum absolute atomic E-state index is 3.67. The maximum atomic E-state index is 3.67. The average Bonchev–Trinajstić information content (AvgIpc) is 2.35. The zero-order chi connectivity index (χ0) is 15.2. The van der Waals surface area contributed by atoms with Crippen molar-refractivity contribution < 1.29 is 0 Å². The third-order valence-corrected chi connectivity index (χ3v) is 4.26. The lowest BCUT2D eigenvalue weighted by molar-refractivity contribution is 0.320. The molecule has 0 bridgehead atoms. The minimum atomic E-state index is 0.199. The van der Waals surface area contributed by atoms with Gasteiger partial charge in [-0.05, 0) is 69.7 Å². The summed E-state index contributed by atoms with van der Waals surface area (Å²) >= 11 is 3.57. The summed E-state index contributed by atoms with van der Waals surface area (Å²) in [6.45, 7) is 12.5. The second-order valence-electron chi connectivity index (χ2n) is 7.08. The summed E-state index contributed by atoms with van der Waals surface area (Å²) in [6, 6.07) is 8.73. The Morgan fingerprint density at radius 2 is 1.95 bits per heavy atom. The Labute approximate surface area is 133 Å². The molecule has 1 aromatic carbocycles. The standard InChI is InChI=1S/C18H30BrN/c1-6-14(2)10-16(13-20-18(3,4)5)11-15-8-7-9-17(19)12-15/h7-9,12,14,16,20H,6,10-11,13H2,1-5H3. The lowest BCUT2D eigenvalue weighted by Crippen LogP contribution is -2.40. The molecular weight excluding hydrogens is 310 g/mol. The summed E-state index contributed by atoms with van der Waals surface area (Å²) in [6.07, 6.45) is 3.73. The smallest absolute Gasteiger partial charge is 0.0177 e. The molecule has 0 radical (unpaired) electrons. The van der Waals surface area contributed by atoms with Crippen molar-refractivity contribution in [2.45, 2.75) is 59.4 Å². The fourth-order valence-corrected chi connectivity index (χ4v) is 2.87. The average molecular weight is 340 g/mol. The Balaban J connectivity index is 2.66. The molecule has 2 atom stereocenters. The normalized spacial score (nSPS) is 15.1. The van der Waals surface area contributed by atoms with E-state index in [1.807, 2.05) is 0 Å². The molecule has 0 aromatic heterocycles. The van der Waals surface area contributed by atoms with Crippen molar-refractivity contribution in [1.82, 2.24) is 5.32 Å². The summed E-state index contributed by atoms with van der Waals surface area (Å²) < 4.78 is 1.18. The van der Waals surface area contributed by atoms with Crippen LogP contribution in [0.2, 0.25) is 0 Å². The lowest BCUT2D eigenvalue weighted by Gasteiger charge is -2.27. The number of benzene rings is 1. The van der Waals surface area contributed by atoms with Gasteiger partial charge in [0.05, 0.1) is 0 Å². The minimum Gasteiger partial charge on any atom is -0.312 e. The van der Waals surface area contributed by atoms with Crippen LogP contribution in [0.3, 0.4) is 0 Å². The van der Waals surface area contributed by atoms with E-state index in [0.29, 0.717) is 5.92 Å². The highest BCUT2D eigenvalue weighted by Crippen LogP contribution is 2.21. The molecule has 0 spiro atoms. The summed E-state index contributed by atoms with van der Waals surface area (Å²) in [7, 11) is 0. The Bertz CT molecular complexity index is 395. The van der Waals surface area contributed by atoms with E-state index in [4.69, 9.17) is 0 Å². The Hall–Kier alpha value is -0.340. The predicted octanol–water partition coefficient (Wildman–Crippen LogP) is 5.43. The number of nitrogens with one attached hydrogen (secondary N) is 1. The molecule has 0 amide bonds. The van der Waals surface area contributed by atoms with Gasteiger partial charge in [0, 0.05) is 10.0 Å². The van der Waals surface area contributed by atoms with Crippen molar-refractivity contribution in [2.75, 3.05) is 6.54 Å². The Kier molecular flexibility index (Phi) is 7.25. The van der Waals surface area contributed by atoms with Gasteiger partial charge in [0.2, 0.25) is 0 Å². The molecule has 0 heterocycles. The van der Waals surface area contributed by atoms with Crippen LogP contribution in [0.4, 0.5) is 0 Å². The molecule has 0 aliphatic rings. The number of rotatable bonds is 7. The van der Waals surface area contributed by atoms with Gasteiger partial charge in [-0.2, -0.15) is 0 Å². The van der Waals surface area contributed by atoms with E-state index in [0.717, 1.165) is 18.9 Å². The molecule has 1 rings (SSSR count). The Morgan fingerprint density at radius 1 is 1.25 bits per heavy atom. The molecule has 0 saturated heterocycles. The molecule has 1 nitrogen and oxygen atoms in total. The minimum absolute atomic E-state index is 0.199. The van der Waals surface area contributed by atoms with E-state index in [2.05, 4.69) is 80.1 Å². The molecule has 2 heteroatoms. The van der Waals surface area contributed by atoms with Crippen LogP contribution in [0.5, 0.6) is 0 Å². The number of hydrogen-bond acceptors (Lipinski definition) is 1. The molecule has 2 unspecified atom stereocenters. The molecular formula is C18H30BrN. The quantitative estimate of drug-likeness (QED) is 0.698. The van der Waals surface area contributed by atoms with Crippen LogP contribution in [0.25, 0.3) is 0 Å².